The van der Waals surface area contributed by atoms with Crippen LogP contribution in [-0.4, -0.2) is 21.7 Å². The van der Waals surface area contributed by atoms with Crippen molar-refractivity contribution in [1.82, 2.24) is 9.88 Å². The fraction of sp³-hybridized carbons (Fsp3) is 0.0800. The third-order valence-corrected chi connectivity index (χ3v) is 5.77. The van der Waals surface area contributed by atoms with Gasteiger partial charge in [0.1, 0.15) is 17.5 Å². The van der Waals surface area contributed by atoms with Crippen LogP contribution < -0.4 is 5.43 Å². The molecule has 5 rings (SSSR count). The molecule has 0 saturated carbocycles. The van der Waals surface area contributed by atoms with Crippen LogP contribution in [-0.2, 0) is 0 Å². The van der Waals surface area contributed by atoms with Gasteiger partial charge in [0.05, 0.1) is 28.4 Å². The molecule has 4 aromatic rings. The van der Waals surface area contributed by atoms with Gasteiger partial charge in [0.25, 0.3) is 11.8 Å². The summed E-state index contributed by atoms with van der Waals surface area (Å²) in [5.41, 5.74) is -0.157. The maximum absolute atomic E-state index is 14.0. The number of aromatic amines is 1. The highest BCUT2D eigenvalue weighted by Crippen LogP contribution is 2.35. The molecule has 8 heteroatoms. The van der Waals surface area contributed by atoms with Gasteiger partial charge in [0.15, 0.2) is 5.43 Å². The highest BCUT2D eigenvalue weighted by atomic mass is 19.1. The molecule has 0 aliphatic carbocycles. The van der Waals surface area contributed by atoms with E-state index >= 15 is 0 Å². The second-order valence-electron chi connectivity index (χ2n) is 7.79. The molecule has 1 N–H and O–H groups in total. The highest BCUT2D eigenvalue weighted by Gasteiger charge is 2.40. The van der Waals surface area contributed by atoms with Crippen molar-refractivity contribution in [3.05, 3.63) is 105 Å². The molecule has 0 radical (unpaired) electrons. The number of carbonyl (C=O) groups is 2. The Labute approximate surface area is 185 Å². The van der Waals surface area contributed by atoms with Crippen LogP contribution in [0.4, 0.5) is 13.2 Å². The SMILES string of the molecule is C[C@@H](c1[nH]c2ccc(F)cc2c(=O)c1-c1cc(F)cc(F)c1)N1C(=O)c2ccccc2C1=O. The van der Waals surface area contributed by atoms with Gasteiger partial charge in [-0.15, -0.1) is 0 Å². The number of imide groups is 1. The molecule has 33 heavy (non-hydrogen) atoms. The molecular formula is C25H15F3N2O3. The van der Waals surface area contributed by atoms with Crippen LogP contribution in [0, 0.1) is 17.5 Å². The first-order valence-corrected chi connectivity index (χ1v) is 10.0. The van der Waals surface area contributed by atoms with Gasteiger partial charge in [-0.2, -0.15) is 0 Å². The van der Waals surface area contributed by atoms with Crippen molar-refractivity contribution < 1.29 is 22.8 Å². The van der Waals surface area contributed by atoms with Crippen molar-refractivity contribution in [2.75, 3.05) is 0 Å². The Kier molecular flexibility index (Phi) is 4.67. The van der Waals surface area contributed by atoms with Crippen LogP contribution in [0.5, 0.6) is 0 Å². The highest BCUT2D eigenvalue weighted by molar-refractivity contribution is 6.21. The Morgan fingerprint density at radius 1 is 0.788 bits per heavy atom. The number of nitrogens with zero attached hydrogens (tertiary/aromatic N) is 1. The lowest BCUT2D eigenvalue weighted by molar-refractivity contribution is 0.0593. The van der Waals surface area contributed by atoms with Crippen LogP contribution in [0.1, 0.15) is 39.4 Å². The van der Waals surface area contributed by atoms with Crippen LogP contribution in [0.3, 0.4) is 0 Å². The average molecular weight is 448 g/mol. The molecule has 1 aliphatic rings. The molecule has 0 saturated heterocycles. The molecule has 0 spiro atoms. The maximum Gasteiger partial charge on any atom is 0.262 e. The zero-order valence-electron chi connectivity index (χ0n) is 17.2. The maximum atomic E-state index is 14.0. The minimum atomic E-state index is -0.999. The summed E-state index contributed by atoms with van der Waals surface area (Å²) >= 11 is 0. The topological polar surface area (TPSA) is 70.2 Å². The summed E-state index contributed by atoms with van der Waals surface area (Å²) in [6, 6.07) is 11.4. The van der Waals surface area contributed by atoms with Crippen LogP contribution in [0.2, 0.25) is 0 Å². The van der Waals surface area contributed by atoms with Gasteiger partial charge in [-0.25, -0.2) is 13.2 Å². The lowest BCUT2D eigenvalue weighted by Gasteiger charge is -2.25. The number of pyridine rings is 1. The predicted octanol–water partition coefficient (Wildman–Crippen LogP) is 4.97. The average Bonchev–Trinajstić information content (AvgIpc) is 3.03. The Hall–Kier alpha value is -4.20. The number of benzene rings is 3. The lowest BCUT2D eigenvalue weighted by Crippen LogP contribution is -2.34. The molecule has 1 aliphatic heterocycles. The third-order valence-electron chi connectivity index (χ3n) is 5.77. The van der Waals surface area contributed by atoms with E-state index in [0.29, 0.717) is 6.07 Å². The zero-order chi connectivity index (χ0) is 23.4. The number of nitrogens with one attached hydrogen (secondary N) is 1. The van der Waals surface area contributed by atoms with E-state index < -0.39 is 40.7 Å². The van der Waals surface area contributed by atoms with Gasteiger partial charge in [-0.05, 0) is 55.0 Å². The minimum absolute atomic E-state index is 0.0343. The van der Waals surface area contributed by atoms with E-state index in [9.17, 15) is 27.6 Å². The van der Waals surface area contributed by atoms with E-state index in [0.717, 1.165) is 29.2 Å². The van der Waals surface area contributed by atoms with Gasteiger partial charge in [0.2, 0.25) is 0 Å². The fourth-order valence-corrected chi connectivity index (χ4v) is 4.26. The summed E-state index contributed by atoms with van der Waals surface area (Å²) in [4.78, 5) is 43.4. The number of H-pyrrole nitrogens is 1. The molecule has 0 unspecified atom stereocenters. The number of carbonyl (C=O) groups excluding carboxylic acids is 2. The van der Waals surface area contributed by atoms with E-state index in [1.807, 2.05) is 0 Å². The number of hydrogen-bond acceptors (Lipinski definition) is 3. The number of fused-ring (bicyclic) bond motifs is 2. The summed E-state index contributed by atoms with van der Waals surface area (Å²) < 4.78 is 41.9. The number of aromatic nitrogens is 1. The molecule has 1 aromatic heterocycles. The van der Waals surface area contributed by atoms with Crippen molar-refractivity contribution in [2.24, 2.45) is 0 Å². The first-order chi connectivity index (χ1) is 15.8. The first-order valence-electron chi connectivity index (χ1n) is 10.0. The number of rotatable bonds is 3. The molecular weight excluding hydrogens is 433 g/mol. The Balaban J connectivity index is 1.77. The summed E-state index contributed by atoms with van der Waals surface area (Å²) in [7, 11) is 0. The summed E-state index contributed by atoms with van der Waals surface area (Å²) in [5.74, 6) is -3.60. The largest absolute Gasteiger partial charge is 0.356 e. The second kappa shape index (κ2) is 7.44. The normalized spacial score (nSPS) is 14.1. The van der Waals surface area contributed by atoms with Gasteiger partial charge in [-0.3, -0.25) is 19.3 Å². The van der Waals surface area contributed by atoms with Crippen molar-refractivity contribution in [2.45, 2.75) is 13.0 Å². The molecule has 164 valence electrons. The van der Waals surface area contributed by atoms with Gasteiger partial charge >= 0.3 is 0 Å². The second-order valence-corrected chi connectivity index (χ2v) is 7.79. The van der Waals surface area contributed by atoms with Gasteiger partial charge < -0.3 is 4.98 Å². The summed E-state index contributed by atoms with van der Waals surface area (Å²) in [6.45, 7) is 1.53. The quantitative estimate of drug-likeness (QED) is 0.450. The number of hydrogen-bond donors (Lipinski definition) is 1. The molecule has 2 heterocycles. The molecule has 5 nitrogen and oxygen atoms in total. The minimum Gasteiger partial charge on any atom is -0.356 e. The van der Waals surface area contributed by atoms with E-state index in [2.05, 4.69) is 4.98 Å². The molecule has 2 amide bonds. The summed E-state index contributed by atoms with van der Waals surface area (Å²) in [5, 5.41) is -0.0343. The first kappa shape index (κ1) is 20.7. The van der Waals surface area contributed by atoms with Gasteiger partial charge in [-0.1, -0.05) is 12.1 Å². The fourth-order valence-electron chi connectivity index (χ4n) is 4.26. The van der Waals surface area contributed by atoms with Gasteiger partial charge in [0, 0.05) is 17.0 Å². The number of amides is 2. The monoisotopic (exact) mass is 448 g/mol. The van der Waals surface area contributed by atoms with E-state index in [1.54, 1.807) is 12.1 Å². The van der Waals surface area contributed by atoms with Crippen molar-refractivity contribution in [1.29, 1.82) is 0 Å². The third kappa shape index (κ3) is 3.22. The van der Waals surface area contributed by atoms with Crippen molar-refractivity contribution >= 4 is 22.7 Å². The Bertz CT molecular complexity index is 1490. The van der Waals surface area contributed by atoms with E-state index in [1.165, 1.54) is 25.1 Å². The molecule has 0 bridgehead atoms. The van der Waals surface area contributed by atoms with E-state index in [-0.39, 0.29) is 38.9 Å². The van der Waals surface area contributed by atoms with E-state index in [4.69, 9.17) is 0 Å². The standard InChI is InChI=1S/C25H15F3N2O3/c1-12(30-24(32)17-4-2-3-5-18(17)25(30)33)22-21(13-8-15(27)10-16(28)9-13)23(31)19-11-14(26)6-7-20(19)29-22/h2-12H,1H3,(H,29,31)/t12-/m0/s1. The van der Waals surface area contributed by atoms with Crippen molar-refractivity contribution in [3.63, 3.8) is 0 Å². The lowest BCUT2D eigenvalue weighted by atomic mass is 9.96. The van der Waals surface area contributed by atoms with Crippen LogP contribution >= 0.6 is 0 Å². The Morgan fingerprint density at radius 3 is 2.00 bits per heavy atom. The van der Waals surface area contributed by atoms with Crippen LogP contribution in [0.15, 0.2) is 65.5 Å². The summed E-state index contributed by atoms with van der Waals surface area (Å²) in [6.07, 6.45) is 0. The van der Waals surface area contributed by atoms with Crippen molar-refractivity contribution in [3.8, 4) is 11.1 Å². The molecule has 3 aromatic carbocycles. The predicted molar refractivity (Wildman–Crippen MR) is 115 cm³/mol. The molecule has 1 atom stereocenters. The number of halogens is 3. The zero-order valence-corrected chi connectivity index (χ0v) is 17.2. The smallest absolute Gasteiger partial charge is 0.262 e. The van der Waals surface area contributed by atoms with Crippen LogP contribution in [0.25, 0.3) is 22.0 Å². The Morgan fingerprint density at radius 2 is 1.39 bits per heavy atom. The molecule has 0 fully saturated rings.